The van der Waals surface area contributed by atoms with Crippen LogP contribution in [0.2, 0.25) is 0 Å². The Labute approximate surface area is 88.3 Å². The Hall–Kier alpha value is -0.350. The smallest absolute Gasteiger partial charge is 0.0888 e. The van der Waals surface area contributed by atoms with Gasteiger partial charge in [0.1, 0.15) is 0 Å². The summed E-state index contributed by atoms with van der Waals surface area (Å²) in [7, 11) is 0.526. The van der Waals surface area contributed by atoms with Crippen molar-refractivity contribution < 1.29 is 8.95 Å². The summed E-state index contributed by atoms with van der Waals surface area (Å²) < 4.78 is 15.8. The summed E-state index contributed by atoms with van der Waals surface area (Å²) in [5, 5.41) is 5.25. The van der Waals surface area contributed by atoms with Crippen LogP contribution in [0.1, 0.15) is 32.1 Å². The summed E-state index contributed by atoms with van der Waals surface area (Å²) in [4.78, 5) is 0. The van der Waals surface area contributed by atoms with Crippen LogP contribution in [-0.4, -0.2) is 17.1 Å². The summed E-state index contributed by atoms with van der Waals surface area (Å²) in [5.41, 5.74) is 1.37. The number of nitrogens with two attached hydrogens (primary N) is 1. The number of allylic oxidation sites excluding steroid dienone is 1. The van der Waals surface area contributed by atoms with E-state index in [1.54, 1.807) is 7.11 Å². The first-order chi connectivity index (χ1) is 6.74. The third-order valence-corrected chi connectivity index (χ3v) is 3.37. The molecule has 1 fully saturated rings. The predicted molar refractivity (Wildman–Crippen MR) is 58.9 cm³/mol. The van der Waals surface area contributed by atoms with Crippen LogP contribution in [0, 0.1) is 5.92 Å². The zero-order chi connectivity index (χ0) is 10.4. The number of hydrogen-bond acceptors (Lipinski definition) is 2. The highest BCUT2D eigenvalue weighted by Crippen LogP contribution is 2.31. The van der Waals surface area contributed by atoms with E-state index in [4.69, 9.17) is 9.88 Å². The van der Waals surface area contributed by atoms with Gasteiger partial charge in [0.25, 0.3) is 0 Å². The lowest BCUT2D eigenvalue weighted by molar-refractivity contribution is 0.316. The van der Waals surface area contributed by atoms with Gasteiger partial charge in [-0.2, -0.15) is 0 Å². The van der Waals surface area contributed by atoms with Gasteiger partial charge >= 0.3 is 0 Å². The molecule has 2 unspecified atom stereocenters. The summed E-state index contributed by atoms with van der Waals surface area (Å²) in [5.74, 6) is 1.14. The van der Waals surface area contributed by atoms with Crippen LogP contribution in [0.15, 0.2) is 11.8 Å². The van der Waals surface area contributed by atoms with Gasteiger partial charge in [-0.05, 0) is 37.2 Å². The molecule has 0 aromatic carbocycles. The van der Waals surface area contributed by atoms with E-state index in [1.165, 1.54) is 24.8 Å². The molecule has 0 saturated heterocycles. The fourth-order valence-corrected chi connectivity index (χ4v) is 2.52. The van der Waals surface area contributed by atoms with Gasteiger partial charge in [-0.3, -0.25) is 5.14 Å². The molecule has 0 radical (unpaired) electrons. The average molecular weight is 217 g/mol. The molecule has 0 amide bonds. The van der Waals surface area contributed by atoms with Crippen LogP contribution in [-0.2, 0) is 15.7 Å². The summed E-state index contributed by atoms with van der Waals surface area (Å²) >= 11 is 0. The van der Waals surface area contributed by atoms with Crippen LogP contribution in [0.4, 0.5) is 0 Å². The Morgan fingerprint density at radius 2 is 2.43 bits per heavy atom. The monoisotopic (exact) mass is 217 g/mol. The van der Waals surface area contributed by atoms with Crippen molar-refractivity contribution in [3.8, 4) is 0 Å². The SMILES string of the molecule is CO/C=C1\CCCCC1CCS(N)=O. The molecule has 1 aliphatic carbocycles. The fraction of sp³-hybridized carbons (Fsp3) is 0.800. The lowest BCUT2D eigenvalue weighted by Gasteiger charge is -2.24. The Morgan fingerprint density at radius 3 is 3.07 bits per heavy atom. The van der Waals surface area contributed by atoms with Gasteiger partial charge in [0, 0.05) is 5.75 Å². The summed E-state index contributed by atoms with van der Waals surface area (Å²) in [6, 6.07) is 0. The van der Waals surface area contributed by atoms with Gasteiger partial charge in [-0.15, -0.1) is 0 Å². The molecule has 0 spiro atoms. The first-order valence-corrected chi connectivity index (χ1v) is 6.46. The van der Waals surface area contributed by atoms with Crippen molar-refractivity contribution in [3.63, 3.8) is 0 Å². The molecule has 1 rings (SSSR count). The molecule has 0 aromatic heterocycles. The van der Waals surface area contributed by atoms with E-state index in [-0.39, 0.29) is 0 Å². The Bertz CT molecular complexity index is 228. The third-order valence-electron chi connectivity index (χ3n) is 2.73. The number of hydrogen-bond donors (Lipinski definition) is 1. The largest absolute Gasteiger partial charge is 0.504 e. The zero-order valence-corrected chi connectivity index (χ0v) is 9.52. The van der Waals surface area contributed by atoms with Gasteiger partial charge in [-0.25, -0.2) is 4.21 Å². The minimum Gasteiger partial charge on any atom is -0.504 e. The Morgan fingerprint density at radius 1 is 1.64 bits per heavy atom. The van der Waals surface area contributed by atoms with Crippen molar-refractivity contribution >= 4 is 11.0 Å². The maximum Gasteiger partial charge on any atom is 0.0888 e. The van der Waals surface area contributed by atoms with Crippen molar-refractivity contribution in [3.05, 3.63) is 11.8 Å². The quantitative estimate of drug-likeness (QED) is 0.729. The van der Waals surface area contributed by atoms with E-state index < -0.39 is 11.0 Å². The lowest BCUT2D eigenvalue weighted by Crippen LogP contribution is -2.16. The van der Waals surface area contributed by atoms with Crippen LogP contribution in [0.25, 0.3) is 0 Å². The molecule has 14 heavy (non-hydrogen) atoms. The van der Waals surface area contributed by atoms with Gasteiger partial charge < -0.3 is 4.74 Å². The second kappa shape index (κ2) is 6.19. The normalized spacial score (nSPS) is 27.6. The molecule has 3 nitrogen and oxygen atoms in total. The van der Waals surface area contributed by atoms with E-state index in [1.807, 2.05) is 6.26 Å². The van der Waals surface area contributed by atoms with Crippen molar-refractivity contribution in [2.24, 2.45) is 11.1 Å². The molecule has 1 saturated carbocycles. The molecule has 0 aromatic rings. The van der Waals surface area contributed by atoms with Gasteiger partial charge in [0.2, 0.25) is 0 Å². The van der Waals surface area contributed by atoms with E-state index in [0.29, 0.717) is 11.7 Å². The second-order valence-corrected chi connectivity index (χ2v) is 4.91. The molecule has 1 aliphatic rings. The van der Waals surface area contributed by atoms with Crippen LogP contribution < -0.4 is 5.14 Å². The standard InChI is InChI=1S/C10H19NO2S/c1-13-8-10-5-3-2-4-9(10)6-7-14(11)12/h8-9H,2-7,11H2,1H3/b10-8+. The molecule has 2 atom stereocenters. The molecule has 0 aliphatic heterocycles. The first-order valence-electron chi connectivity index (χ1n) is 5.08. The molecule has 2 N–H and O–H groups in total. The molecule has 82 valence electrons. The Kier molecular flexibility index (Phi) is 5.19. The first kappa shape index (κ1) is 11.7. The maximum atomic E-state index is 10.8. The lowest BCUT2D eigenvalue weighted by atomic mass is 9.83. The van der Waals surface area contributed by atoms with Crippen LogP contribution >= 0.6 is 0 Å². The van der Waals surface area contributed by atoms with Crippen molar-refractivity contribution in [2.45, 2.75) is 32.1 Å². The zero-order valence-electron chi connectivity index (χ0n) is 8.70. The highest BCUT2D eigenvalue weighted by atomic mass is 32.2. The van der Waals surface area contributed by atoms with Crippen LogP contribution in [0.3, 0.4) is 0 Å². The third kappa shape index (κ3) is 3.80. The minimum absolute atomic E-state index is 0.538. The van der Waals surface area contributed by atoms with Gasteiger partial charge in [-0.1, -0.05) is 6.42 Å². The van der Waals surface area contributed by atoms with Crippen molar-refractivity contribution in [1.29, 1.82) is 0 Å². The van der Waals surface area contributed by atoms with E-state index in [2.05, 4.69) is 0 Å². The number of ether oxygens (including phenoxy) is 1. The maximum absolute atomic E-state index is 10.8. The van der Waals surface area contributed by atoms with E-state index in [9.17, 15) is 4.21 Å². The molecular weight excluding hydrogens is 198 g/mol. The fourth-order valence-electron chi connectivity index (χ4n) is 2.00. The average Bonchev–Trinajstić information content (AvgIpc) is 2.17. The van der Waals surface area contributed by atoms with Crippen molar-refractivity contribution in [2.75, 3.05) is 12.9 Å². The number of rotatable bonds is 4. The molecule has 0 bridgehead atoms. The van der Waals surface area contributed by atoms with Crippen molar-refractivity contribution in [1.82, 2.24) is 0 Å². The summed E-state index contributed by atoms with van der Waals surface area (Å²) in [6.45, 7) is 0. The Balaban J connectivity index is 2.46. The highest BCUT2D eigenvalue weighted by molar-refractivity contribution is 7.82. The molecule has 0 heterocycles. The minimum atomic E-state index is -1.15. The summed E-state index contributed by atoms with van der Waals surface area (Å²) in [6.07, 6.45) is 7.60. The van der Waals surface area contributed by atoms with E-state index in [0.717, 1.165) is 12.8 Å². The second-order valence-electron chi connectivity index (χ2n) is 3.74. The van der Waals surface area contributed by atoms with Crippen LogP contribution in [0.5, 0.6) is 0 Å². The van der Waals surface area contributed by atoms with Gasteiger partial charge in [0.05, 0.1) is 24.4 Å². The topological polar surface area (TPSA) is 52.3 Å². The molecule has 4 heteroatoms. The highest BCUT2D eigenvalue weighted by Gasteiger charge is 2.19. The van der Waals surface area contributed by atoms with E-state index >= 15 is 0 Å². The molecular formula is C10H19NO2S. The predicted octanol–water partition coefficient (Wildman–Crippen LogP) is 1.72. The van der Waals surface area contributed by atoms with Gasteiger partial charge in [0.15, 0.2) is 0 Å². The number of methoxy groups -OCH3 is 1.